The summed E-state index contributed by atoms with van der Waals surface area (Å²) in [5.74, 6) is 1.27. The molecule has 170 valence electrons. The molecular formula is C24H32N6O2. The van der Waals surface area contributed by atoms with Gasteiger partial charge in [0, 0.05) is 42.4 Å². The molecule has 0 aromatic carbocycles. The van der Waals surface area contributed by atoms with Gasteiger partial charge >= 0.3 is 0 Å². The zero-order chi connectivity index (χ0) is 22.1. The van der Waals surface area contributed by atoms with Crippen LogP contribution in [0.3, 0.4) is 0 Å². The van der Waals surface area contributed by atoms with Crippen molar-refractivity contribution in [1.29, 1.82) is 0 Å². The monoisotopic (exact) mass is 436 g/mol. The van der Waals surface area contributed by atoms with E-state index >= 15 is 0 Å². The van der Waals surface area contributed by atoms with Crippen LogP contribution in [0.4, 0.5) is 0 Å². The molecule has 1 saturated heterocycles. The fraction of sp³-hybridized carbons (Fsp3) is 0.542. The van der Waals surface area contributed by atoms with E-state index in [0.717, 1.165) is 42.9 Å². The number of fused-ring (bicyclic) bond motifs is 1. The third-order valence-electron chi connectivity index (χ3n) is 6.91. The van der Waals surface area contributed by atoms with Gasteiger partial charge in [-0.15, -0.1) is 0 Å². The lowest BCUT2D eigenvalue weighted by molar-refractivity contribution is 0.142. The molecule has 3 aromatic heterocycles. The molecule has 0 radical (unpaired) electrons. The fourth-order valence-corrected chi connectivity index (χ4v) is 4.92. The summed E-state index contributed by atoms with van der Waals surface area (Å²) >= 11 is 0. The number of ether oxygens (including phenoxy) is 2. The van der Waals surface area contributed by atoms with Crippen LogP contribution in [0.1, 0.15) is 31.0 Å². The van der Waals surface area contributed by atoms with Crippen LogP contribution in [0.5, 0.6) is 5.88 Å². The Labute approximate surface area is 189 Å². The number of aromatic nitrogens is 5. The van der Waals surface area contributed by atoms with Crippen molar-refractivity contribution in [3.05, 3.63) is 42.0 Å². The van der Waals surface area contributed by atoms with Crippen LogP contribution in [0.15, 0.2) is 30.7 Å². The van der Waals surface area contributed by atoms with Crippen molar-refractivity contribution in [3.8, 4) is 22.8 Å². The smallest absolute Gasteiger partial charge is 0.213 e. The zero-order valence-electron chi connectivity index (χ0n) is 19.2. The van der Waals surface area contributed by atoms with Gasteiger partial charge in [-0.2, -0.15) is 10.2 Å². The van der Waals surface area contributed by atoms with E-state index in [4.69, 9.17) is 19.7 Å². The van der Waals surface area contributed by atoms with Gasteiger partial charge in [-0.3, -0.25) is 4.68 Å². The first kappa shape index (κ1) is 21.2. The second-order valence-corrected chi connectivity index (χ2v) is 9.03. The van der Waals surface area contributed by atoms with Gasteiger partial charge in [0.15, 0.2) is 0 Å². The number of methoxy groups -OCH3 is 1. The van der Waals surface area contributed by atoms with E-state index in [1.54, 1.807) is 7.11 Å². The van der Waals surface area contributed by atoms with Crippen LogP contribution in [0.25, 0.3) is 16.9 Å². The molecule has 2 atom stereocenters. The van der Waals surface area contributed by atoms with Crippen molar-refractivity contribution >= 4 is 0 Å². The van der Waals surface area contributed by atoms with Gasteiger partial charge in [0.25, 0.3) is 0 Å². The third kappa shape index (κ3) is 4.17. The summed E-state index contributed by atoms with van der Waals surface area (Å²) in [5.41, 5.74) is 5.46. The highest BCUT2D eigenvalue weighted by molar-refractivity contribution is 5.64. The van der Waals surface area contributed by atoms with Crippen LogP contribution < -0.4 is 4.74 Å². The molecule has 0 amide bonds. The van der Waals surface area contributed by atoms with Crippen molar-refractivity contribution in [2.45, 2.75) is 45.2 Å². The molecule has 0 spiro atoms. The van der Waals surface area contributed by atoms with E-state index < -0.39 is 0 Å². The maximum absolute atomic E-state index is 5.78. The highest BCUT2D eigenvalue weighted by atomic mass is 16.5. The maximum Gasteiger partial charge on any atom is 0.213 e. The van der Waals surface area contributed by atoms with E-state index in [1.807, 2.05) is 29.2 Å². The Hall–Kier alpha value is -2.71. The van der Waals surface area contributed by atoms with E-state index in [2.05, 4.69) is 34.7 Å². The molecule has 1 fully saturated rings. The van der Waals surface area contributed by atoms with E-state index in [9.17, 15) is 0 Å². The molecule has 2 aliphatic rings. The third-order valence-corrected chi connectivity index (χ3v) is 6.91. The maximum atomic E-state index is 5.78. The molecule has 0 bridgehead atoms. The Morgan fingerprint density at radius 3 is 2.84 bits per heavy atom. The van der Waals surface area contributed by atoms with Gasteiger partial charge in [-0.25, -0.2) is 9.67 Å². The number of hydrogen-bond acceptors (Lipinski definition) is 6. The summed E-state index contributed by atoms with van der Waals surface area (Å²) in [4.78, 5) is 6.82. The van der Waals surface area contributed by atoms with E-state index in [-0.39, 0.29) is 0 Å². The summed E-state index contributed by atoms with van der Waals surface area (Å²) in [5, 5.41) is 9.73. The van der Waals surface area contributed by atoms with Crippen molar-refractivity contribution in [1.82, 2.24) is 29.4 Å². The predicted octanol–water partition coefficient (Wildman–Crippen LogP) is 2.98. The predicted molar refractivity (Wildman–Crippen MR) is 122 cm³/mol. The molecule has 5 heterocycles. The minimum absolute atomic E-state index is 0.597. The summed E-state index contributed by atoms with van der Waals surface area (Å²) in [6, 6.07) is 4.50. The highest BCUT2D eigenvalue weighted by Crippen LogP contribution is 2.30. The summed E-state index contributed by atoms with van der Waals surface area (Å²) in [6.45, 7) is 5.86. The molecule has 5 rings (SSSR count). The first-order chi connectivity index (χ1) is 15.6. The summed E-state index contributed by atoms with van der Waals surface area (Å²) in [6.07, 6.45) is 10.1. The van der Waals surface area contributed by atoms with Gasteiger partial charge in [0.1, 0.15) is 0 Å². The minimum Gasteiger partial charge on any atom is -0.481 e. The van der Waals surface area contributed by atoms with Gasteiger partial charge in [-0.05, 0) is 51.8 Å². The number of pyridine rings is 1. The van der Waals surface area contributed by atoms with Crippen molar-refractivity contribution in [3.63, 3.8) is 0 Å². The topological polar surface area (TPSA) is 70.2 Å². The minimum atomic E-state index is 0.597. The zero-order valence-corrected chi connectivity index (χ0v) is 19.2. The summed E-state index contributed by atoms with van der Waals surface area (Å²) in [7, 11) is 3.85. The summed E-state index contributed by atoms with van der Waals surface area (Å²) < 4.78 is 15.1. The Balaban J connectivity index is 1.44. The van der Waals surface area contributed by atoms with Gasteiger partial charge in [-0.1, -0.05) is 0 Å². The average Bonchev–Trinajstić information content (AvgIpc) is 3.33. The lowest BCUT2D eigenvalue weighted by Crippen LogP contribution is -2.38. The Bertz CT molecular complexity index is 1060. The molecule has 3 aromatic rings. The van der Waals surface area contributed by atoms with Crippen LogP contribution in [0.2, 0.25) is 0 Å². The van der Waals surface area contributed by atoms with Gasteiger partial charge < -0.3 is 14.4 Å². The standard InChI is InChI=1S/C24H32N6O2/c1-17-12-18(6-9-28(17)2)15-29-16-19(13-26-29)24-21-7-10-32-11-8-22(21)30(27-24)20-4-5-23(31-3)25-14-20/h4-5,13-14,16-18H,6-12,15H2,1-3H3. The van der Waals surface area contributed by atoms with Gasteiger partial charge in [0.2, 0.25) is 5.88 Å². The molecule has 8 nitrogen and oxygen atoms in total. The molecule has 2 aliphatic heterocycles. The Morgan fingerprint density at radius 2 is 2.06 bits per heavy atom. The van der Waals surface area contributed by atoms with E-state index in [1.165, 1.54) is 24.1 Å². The molecule has 32 heavy (non-hydrogen) atoms. The van der Waals surface area contributed by atoms with Crippen molar-refractivity contribution in [2.75, 3.05) is 33.9 Å². The lowest BCUT2D eigenvalue weighted by atomic mass is 9.92. The molecule has 0 N–H and O–H groups in total. The van der Waals surface area contributed by atoms with Crippen LogP contribution in [-0.4, -0.2) is 69.4 Å². The van der Waals surface area contributed by atoms with Crippen LogP contribution in [0, 0.1) is 5.92 Å². The number of piperidine rings is 1. The fourth-order valence-electron chi connectivity index (χ4n) is 4.92. The molecule has 0 saturated carbocycles. The number of likely N-dealkylation sites (tertiary alicyclic amines) is 1. The van der Waals surface area contributed by atoms with E-state index in [0.29, 0.717) is 31.1 Å². The van der Waals surface area contributed by atoms with Crippen LogP contribution >= 0.6 is 0 Å². The van der Waals surface area contributed by atoms with Gasteiger partial charge in [0.05, 0.1) is 49.8 Å². The van der Waals surface area contributed by atoms with Crippen LogP contribution in [-0.2, 0) is 24.1 Å². The highest BCUT2D eigenvalue weighted by Gasteiger charge is 2.25. The molecular weight excluding hydrogens is 404 g/mol. The molecule has 0 aliphatic carbocycles. The second kappa shape index (κ2) is 9.03. The van der Waals surface area contributed by atoms with Crippen molar-refractivity contribution in [2.24, 2.45) is 5.92 Å². The number of nitrogens with zero attached hydrogens (tertiary/aromatic N) is 6. The number of rotatable bonds is 5. The quantitative estimate of drug-likeness (QED) is 0.612. The molecule has 2 unspecified atom stereocenters. The second-order valence-electron chi connectivity index (χ2n) is 9.03. The Kier molecular flexibility index (Phi) is 5.97. The average molecular weight is 437 g/mol. The molecule has 8 heteroatoms. The normalized spacial score (nSPS) is 21.8. The first-order valence-corrected chi connectivity index (χ1v) is 11.5. The first-order valence-electron chi connectivity index (χ1n) is 11.5. The van der Waals surface area contributed by atoms with Crippen molar-refractivity contribution < 1.29 is 9.47 Å². The SMILES string of the molecule is COc1ccc(-n2nc(-c3cnn(CC4CCN(C)C(C)C4)c3)c3c2CCOCC3)cn1. The Morgan fingerprint density at radius 1 is 1.19 bits per heavy atom. The largest absolute Gasteiger partial charge is 0.481 e. The lowest BCUT2D eigenvalue weighted by Gasteiger charge is -2.34. The number of hydrogen-bond donors (Lipinski definition) is 0.